The zero-order chi connectivity index (χ0) is 13.1. The SMILES string of the molecule is Cc1ncc(N2CCCC2CNC(C)C)nc1C. The molecule has 0 amide bonds. The van der Waals surface area contributed by atoms with Gasteiger partial charge in [0.1, 0.15) is 5.82 Å². The summed E-state index contributed by atoms with van der Waals surface area (Å²) < 4.78 is 0. The lowest BCUT2D eigenvalue weighted by Crippen LogP contribution is -2.40. The first-order valence-corrected chi connectivity index (χ1v) is 6.88. The molecule has 18 heavy (non-hydrogen) atoms. The summed E-state index contributed by atoms with van der Waals surface area (Å²) in [5.74, 6) is 1.03. The average Bonchev–Trinajstić information content (AvgIpc) is 2.78. The molecule has 1 unspecified atom stereocenters. The second kappa shape index (κ2) is 5.65. The van der Waals surface area contributed by atoms with Crippen LogP contribution in [0.4, 0.5) is 5.82 Å². The lowest BCUT2D eigenvalue weighted by Gasteiger charge is -2.27. The molecule has 1 atom stereocenters. The van der Waals surface area contributed by atoms with Crippen molar-refractivity contribution >= 4 is 5.82 Å². The van der Waals surface area contributed by atoms with E-state index in [-0.39, 0.29) is 0 Å². The van der Waals surface area contributed by atoms with E-state index in [9.17, 15) is 0 Å². The molecule has 0 spiro atoms. The molecule has 0 saturated carbocycles. The Labute approximate surface area is 110 Å². The normalized spacial score (nSPS) is 19.8. The molecule has 100 valence electrons. The average molecular weight is 248 g/mol. The van der Waals surface area contributed by atoms with E-state index >= 15 is 0 Å². The Balaban J connectivity index is 2.08. The minimum absolute atomic E-state index is 0.540. The van der Waals surface area contributed by atoms with E-state index in [1.54, 1.807) is 0 Å². The van der Waals surface area contributed by atoms with Crippen LogP contribution in [0.15, 0.2) is 6.20 Å². The number of hydrogen-bond acceptors (Lipinski definition) is 4. The molecule has 0 aromatic carbocycles. The highest BCUT2D eigenvalue weighted by Gasteiger charge is 2.25. The highest BCUT2D eigenvalue weighted by molar-refractivity contribution is 5.40. The third-order valence-electron chi connectivity index (χ3n) is 3.61. The number of rotatable bonds is 4. The summed E-state index contributed by atoms with van der Waals surface area (Å²) in [4.78, 5) is 11.5. The van der Waals surface area contributed by atoms with E-state index in [1.807, 2.05) is 20.0 Å². The molecule has 1 aromatic rings. The van der Waals surface area contributed by atoms with Crippen LogP contribution in [0.25, 0.3) is 0 Å². The lowest BCUT2D eigenvalue weighted by molar-refractivity contribution is 0.522. The minimum atomic E-state index is 0.540. The second-order valence-corrected chi connectivity index (χ2v) is 5.45. The Morgan fingerprint density at radius 1 is 1.39 bits per heavy atom. The van der Waals surface area contributed by atoms with Gasteiger partial charge in [-0.15, -0.1) is 0 Å². The molecule has 1 aliphatic heterocycles. The fourth-order valence-corrected chi connectivity index (χ4v) is 2.39. The molecule has 2 rings (SSSR count). The number of nitrogens with one attached hydrogen (secondary N) is 1. The number of aryl methyl sites for hydroxylation is 2. The van der Waals surface area contributed by atoms with Crippen molar-refractivity contribution in [3.63, 3.8) is 0 Å². The molecule has 1 N–H and O–H groups in total. The molecule has 1 saturated heterocycles. The van der Waals surface area contributed by atoms with E-state index in [0.29, 0.717) is 12.1 Å². The first-order valence-electron chi connectivity index (χ1n) is 6.88. The largest absolute Gasteiger partial charge is 0.351 e. The van der Waals surface area contributed by atoms with Crippen molar-refractivity contribution in [2.75, 3.05) is 18.0 Å². The van der Waals surface area contributed by atoms with Gasteiger partial charge < -0.3 is 10.2 Å². The lowest BCUT2D eigenvalue weighted by atomic mass is 10.2. The van der Waals surface area contributed by atoms with Gasteiger partial charge in [0, 0.05) is 25.2 Å². The summed E-state index contributed by atoms with van der Waals surface area (Å²) in [5.41, 5.74) is 2.06. The van der Waals surface area contributed by atoms with E-state index in [0.717, 1.165) is 30.3 Å². The van der Waals surface area contributed by atoms with Crippen molar-refractivity contribution in [2.24, 2.45) is 0 Å². The summed E-state index contributed by atoms with van der Waals surface area (Å²) in [6.07, 6.45) is 4.41. The third kappa shape index (κ3) is 2.99. The van der Waals surface area contributed by atoms with Gasteiger partial charge in [0.05, 0.1) is 17.6 Å². The van der Waals surface area contributed by atoms with Gasteiger partial charge in [0.2, 0.25) is 0 Å². The van der Waals surface area contributed by atoms with Gasteiger partial charge in [-0.1, -0.05) is 13.8 Å². The van der Waals surface area contributed by atoms with Crippen LogP contribution in [0.3, 0.4) is 0 Å². The smallest absolute Gasteiger partial charge is 0.147 e. The Bertz CT molecular complexity index is 403. The van der Waals surface area contributed by atoms with Crippen molar-refractivity contribution in [2.45, 2.75) is 52.6 Å². The van der Waals surface area contributed by atoms with Gasteiger partial charge in [-0.2, -0.15) is 0 Å². The second-order valence-electron chi connectivity index (χ2n) is 5.45. The van der Waals surface area contributed by atoms with Crippen molar-refractivity contribution in [1.29, 1.82) is 0 Å². The van der Waals surface area contributed by atoms with Gasteiger partial charge in [0.15, 0.2) is 0 Å². The number of hydrogen-bond donors (Lipinski definition) is 1. The fraction of sp³-hybridized carbons (Fsp3) is 0.714. The molecular weight excluding hydrogens is 224 g/mol. The van der Waals surface area contributed by atoms with E-state index < -0.39 is 0 Å². The van der Waals surface area contributed by atoms with Crippen LogP contribution < -0.4 is 10.2 Å². The summed E-state index contributed by atoms with van der Waals surface area (Å²) in [6.45, 7) is 10.6. The number of nitrogens with zero attached hydrogens (tertiary/aromatic N) is 3. The molecule has 1 fully saturated rings. The third-order valence-corrected chi connectivity index (χ3v) is 3.61. The highest BCUT2D eigenvalue weighted by atomic mass is 15.2. The summed E-state index contributed by atoms with van der Waals surface area (Å²) >= 11 is 0. The summed E-state index contributed by atoms with van der Waals surface area (Å²) in [6, 6.07) is 1.10. The first-order chi connectivity index (χ1) is 8.58. The van der Waals surface area contributed by atoms with Gasteiger partial charge >= 0.3 is 0 Å². The maximum atomic E-state index is 4.67. The summed E-state index contributed by atoms with van der Waals surface area (Å²) in [5, 5.41) is 3.52. The fourth-order valence-electron chi connectivity index (χ4n) is 2.39. The summed E-state index contributed by atoms with van der Waals surface area (Å²) in [7, 11) is 0. The van der Waals surface area contributed by atoms with Crippen molar-refractivity contribution in [1.82, 2.24) is 15.3 Å². The minimum Gasteiger partial charge on any atom is -0.351 e. The van der Waals surface area contributed by atoms with Crippen molar-refractivity contribution < 1.29 is 0 Å². The molecular formula is C14H24N4. The molecule has 1 aliphatic rings. The zero-order valence-electron chi connectivity index (χ0n) is 11.9. The van der Waals surface area contributed by atoms with Crippen LogP contribution >= 0.6 is 0 Å². The van der Waals surface area contributed by atoms with Crippen LogP contribution in [0, 0.1) is 13.8 Å². The first kappa shape index (κ1) is 13.3. The van der Waals surface area contributed by atoms with E-state index in [2.05, 4.69) is 34.0 Å². The maximum Gasteiger partial charge on any atom is 0.147 e. The predicted octanol–water partition coefficient (Wildman–Crippen LogP) is 2.06. The van der Waals surface area contributed by atoms with Crippen molar-refractivity contribution in [3.05, 3.63) is 17.6 Å². The Hall–Kier alpha value is -1.16. The van der Waals surface area contributed by atoms with Crippen LogP contribution in [0.2, 0.25) is 0 Å². The van der Waals surface area contributed by atoms with Crippen LogP contribution in [-0.2, 0) is 0 Å². The molecule has 0 radical (unpaired) electrons. The van der Waals surface area contributed by atoms with E-state index in [1.165, 1.54) is 12.8 Å². The van der Waals surface area contributed by atoms with Crippen LogP contribution in [-0.4, -0.2) is 35.1 Å². The molecule has 0 bridgehead atoms. The van der Waals surface area contributed by atoms with Gasteiger partial charge in [-0.05, 0) is 26.7 Å². The molecule has 0 aliphatic carbocycles. The molecule has 2 heterocycles. The highest BCUT2D eigenvalue weighted by Crippen LogP contribution is 2.23. The molecule has 4 nitrogen and oxygen atoms in total. The van der Waals surface area contributed by atoms with Gasteiger partial charge in [0.25, 0.3) is 0 Å². The predicted molar refractivity (Wildman–Crippen MR) is 75.0 cm³/mol. The topological polar surface area (TPSA) is 41.1 Å². The van der Waals surface area contributed by atoms with Crippen LogP contribution in [0.5, 0.6) is 0 Å². The number of aromatic nitrogens is 2. The standard InChI is InChI=1S/C14H24N4/c1-10(2)15-8-13-6-5-7-18(13)14-9-16-11(3)12(4)17-14/h9-10,13,15H,5-8H2,1-4H3. The Morgan fingerprint density at radius 2 is 2.17 bits per heavy atom. The molecule has 1 aromatic heterocycles. The zero-order valence-corrected chi connectivity index (χ0v) is 11.9. The monoisotopic (exact) mass is 248 g/mol. The Morgan fingerprint density at radius 3 is 2.83 bits per heavy atom. The quantitative estimate of drug-likeness (QED) is 0.885. The number of anilines is 1. The van der Waals surface area contributed by atoms with Crippen molar-refractivity contribution in [3.8, 4) is 0 Å². The van der Waals surface area contributed by atoms with Crippen LogP contribution in [0.1, 0.15) is 38.1 Å². The maximum absolute atomic E-state index is 4.67. The van der Waals surface area contributed by atoms with E-state index in [4.69, 9.17) is 0 Å². The molecule has 4 heteroatoms. The van der Waals surface area contributed by atoms with Gasteiger partial charge in [-0.3, -0.25) is 4.98 Å². The Kier molecular flexibility index (Phi) is 4.17. The van der Waals surface area contributed by atoms with Gasteiger partial charge in [-0.25, -0.2) is 4.98 Å².